The van der Waals surface area contributed by atoms with Crippen LogP contribution in [0.1, 0.15) is 39.8 Å². The van der Waals surface area contributed by atoms with Gasteiger partial charge in [0.05, 0.1) is 19.1 Å². The monoisotopic (exact) mass is 437 g/mol. The second-order valence-corrected chi connectivity index (χ2v) is 8.92. The van der Waals surface area contributed by atoms with Crippen molar-refractivity contribution >= 4 is 17.2 Å². The molecule has 0 radical (unpaired) electrons. The fourth-order valence-electron chi connectivity index (χ4n) is 4.05. The molecule has 31 heavy (non-hydrogen) atoms. The van der Waals surface area contributed by atoms with E-state index in [9.17, 15) is 9.90 Å². The van der Waals surface area contributed by atoms with Crippen molar-refractivity contribution in [2.45, 2.75) is 30.9 Å². The minimum Gasteiger partial charge on any atom is -0.497 e. The molecule has 1 aromatic heterocycles. The van der Waals surface area contributed by atoms with Crippen LogP contribution in [0.3, 0.4) is 0 Å². The van der Waals surface area contributed by atoms with Gasteiger partial charge in [-0.3, -0.25) is 4.79 Å². The fourth-order valence-corrected chi connectivity index (χ4v) is 5.02. The van der Waals surface area contributed by atoms with E-state index in [-0.39, 0.29) is 5.91 Å². The number of hydrogen-bond donors (Lipinski definition) is 2. The normalized spacial score (nSPS) is 16.5. The van der Waals surface area contributed by atoms with Gasteiger partial charge in [0.1, 0.15) is 11.9 Å². The second kappa shape index (κ2) is 9.64. The van der Waals surface area contributed by atoms with E-state index < -0.39 is 11.5 Å². The van der Waals surface area contributed by atoms with Crippen LogP contribution in [-0.2, 0) is 21.5 Å². The minimum atomic E-state index is -0.656. The average molecular weight is 438 g/mol. The molecule has 1 atom stereocenters. The number of methoxy groups -OCH3 is 1. The van der Waals surface area contributed by atoms with Crippen LogP contribution in [0, 0.1) is 0 Å². The first-order chi connectivity index (χ1) is 15.1. The van der Waals surface area contributed by atoms with Crippen LogP contribution in [-0.4, -0.2) is 31.3 Å². The summed E-state index contributed by atoms with van der Waals surface area (Å²) in [5.74, 6) is 0.786. The molecule has 0 spiro atoms. The number of benzene rings is 2. The smallest absolute Gasteiger partial charge is 0.231 e. The number of carbonyl (C=O) groups excluding carboxylic acids is 1. The molecule has 0 bridgehead atoms. The van der Waals surface area contributed by atoms with Crippen LogP contribution in [0.5, 0.6) is 5.75 Å². The first kappa shape index (κ1) is 21.6. The molecule has 1 aliphatic heterocycles. The molecular formula is C25H27NO4S. The highest BCUT2D eigenvalue weighted by atomic mass is 32.1. The lowest BCUT2D eigenvalue weighted by molar-refractivity contribution is -0.130. The molecule has 0 saturated carbocycles. The number of aliphatic hydroxyl groups excluding tert-OH is 1. The van der Waals surface area contributed by atoms with Gasteiger partial charge >= 0.3 is 0 Å². The Hall–Kier alpha value is -2.67. The summed E-state index contributed by atoms with van der Waals surface area (Å²) in [5, 5.41) is 13.7. The largest absolute Gasteiger partial charge is 0.497 e. The van der Waals surface area contributed by atoms with E-state index in [1.807, 2.05) is 66.7 Å². The lowest BCUT2D eigenvalue weighted by Crippen LogP contribution is -2.47. The third kappa shape index (κ3) is 4.66. The van der Waals surface area contributed by atoms with Gasteiger partial charge in [0.2, 0.25) is 5.91 Å². The van der Waals surface area contributed by atoms with Crippen LogP contribution < -0.4 is 10.1 Å². The zero-order valence-electron chi connectivity index (χ0n) is 17.5. The van der Waals surface area contributed by atoms with Crippen molar-refractivity contribution in [2.24, 2.45) is 0 Å². The SMILES string of the molecule is COc1ccc(C2(C(=O)NCc3ccc(C(O)c4ccccc4)s3)CCOCC2)cc1. The lowest BCUT2D eigenvalue weighted by atomic mass is 9.73. The highest BCUT2D eigenvalue weighted by Crippen LogP contribution is 2.36. The molecule has 2 aromatic carbocycles. The van der Waals surface area contributed by atoms with Gasteiger partial charge in [-0.25, -0.2) is 0 Å². The number of hydrogen-bond acceptors (Lipinski definition) is 5. The topological polar surface area (TPSA) is 67.8 Å². The Morgan fingerprint density at radius 2 is 1.81 bits per heavy atom. The van der Waals surface area contributed by atoms with E-state index in [1.54, 1.807) is 7.11 Å². The summed E-state index contributed by atoms with van der Waals surface area (Å²) >= 11 is 1.52. The van der Waals surface area contributed by atoms with Gasteiger partial charge in [-0.2, -0.15) is 0 Å². The van der Waals surface area contributed by atoms with Crippen molar-refractivity contribution in [1.82, 2.24) is 5.32 Å². The second-order valence-electron chi connectivity index (χ2n) is 7.72. The van der Waals surface area contributed by atoms with Gasteiger partial charge in [0, 0.05) is 23.0 Å². The maximum Gasteiger partial charge on any atom is 0.231 e. The molecule has 6 heteroatoms. The van der Waals surface area contributed by atoms with Gasteiger partial charge < -0.3 is 19.9 Å². The third-order valence-electron chi connectivity index (χ3n) is 5.91. The van der Waals surface area contributed by atoms with Crippen molar-refractivity contribution in [1.29, 1.82) is 0 Å². The summed E-state index contributed by atoms with van der Waals surface area (Å²) in [5.41, 5.74) is 1.25. The Morgan fingerprint density at radius 3 is 2.48 bits per heavy atom. The van der Waals surface area contributed by atoms with Crippen molar-refractivity contribution in [3.8, 4) is 5.75 Å². The van der Waals surface area contributed by atoms with Gasteiger partial charge in [-0.15, -0.1) is 11.3 Å². The molecule has 1 saturated heterocycles. The van der Waals surface area contributed by atoms with E-state index in [4.69, 9.17) is 9.47 Å². The first-order valence-electron chi connectivity index (χ1n) is 10.4. The molecule has 1 fully saturated rings. The van der Waals surface area contributed by atoms with E-state index in [0.29, 0.717) is 32.6 Å². The molecule has 1 unspecified atom stereocenters. The number of amides is 1. The van der Waals surface area contributed by atoms with Crippen molar-refractivity contribution < 1.29 is 19.4 Å². The summed E-state index contributed by atoms with van der Waals surface area (Å²) in [6.07, 6.45) is 0.637. The van der Waals surface area contributed by atoms with E-state index in [1.165, 1.54) is 11.3 Å². The predicted molar refractivity (Wildman–Crippen MR) is 121 cm³/mol. The number of ether oxygens (including phenoxy) is 2. The van der Waals surface area contributed by atoms with Gasteiger partial charge in [-0.1, -0.05) is 42.5 Å². The van der Waals surface area contributed by atoms with Crippen molar-refractivity contribution in [3.05, 3.63) is 87.6 Å². The molecule has 2 heterocycles. The molecule has 162 valence electrons. The van der Waals surface area contributed by atoms with E-state index in [0.717, 1.165) is 26.6 Å². The summed E-state index contributed by atoms with van der Waals surface area (Å²) in [7, 11) is 1.63. The van der Waals surface area contributed by atoms with Gasteiger partial charge in [-0.05, 0) is 48.2 Å². The summed E-state index contributed by atoms with van der Waals surface area (Å²) < 4.78 is 10.8. The summed E-state index contributed by atoms with van der Waals surface area (Å²) in [6, 6.07) is 21.2. The molecule has 1 amide bonds. The Balaban J connectivity index is 1.46. The van der Waals surface area contributed by atoms with Crippen LogP contribution in [0.15, 0.2) is 66.7 Å². The zero-order valence-corrected chi connectivity index (χ0v) is 18.4. The van der Waals surface area contributed by atoms with Crippen LogP contribution in [0.4, 0.5) is 0 Å². The molecule has 2 N–H and O–H groups in total. The third-order valence-corrected chi connectivity index (χ3v) is 7.05. The highest BCUT2D eigenvalue weighted by molar-refractivity contribution is 7.12. The zero-order chi connectivity index (χ0) is 21.7. The van der Waals surface area contributed by atoms with E-state index in [2.05, 4.69) is 5.32 Å². The van der Waals surface area contributed by atoms with Crippen LogP contribution in [0.25, 0.3) is 0 Å². The molecule has 4 rings (SSSR count). The molecule has 5 nitrogen and oxygen atoms in total. The Bertz CT molecular complexity index is 994. The summed E-state index contributed by atoms with van der Waals surface area (Å²) in [4.78, 5) is 15.2. The molecule has 0 aliphatic carbocycles. The van der Waals surface area contributed by atoms with Gasteiger partial charge in [0.25, 0.3) is 0 Å². The van der Waals surface area contributed by atoms with Crippen molar-refractivity contribution in [2.75, 3.05) is 20.3 Å². The number of rotatable bonds is 7. The number of aliphatic hydroxyl groups is 1. The standard InChI is InChI=1S/C25H27NO4S/c1-29-20-9-7-19(8-10-20)25(13-15-30-16-14-25)24(28)26-17-21-11-12-22(31-21)23(27)18-5-3-2-4-6-18/h2-12,23,27H,13-17H2,1H3,(H,26,28). The Labute approximate surface area is 186 Å². The quantitative estimate of drug-likeness (QED) is 0.581. The van der Waals surface area contributed by atoms with Crippen molar-refractivity contribution in [3.63, 3.8) is 0 Å². The fraction of sp³-hybridized carbons (Fsp3) is 0.320. The number of nitrogens with one attached hydrogen (secondary N) is 1. The molecule has 3 aromatic rings. The highest BCUT2D eigenvalue weighted by Gasteiger charge is 2.41. The lowest BCUT2D eigenvalue weighted by Gasteiger charge is -2.36. The van der Waals surface area contributed by atoms with Crippen LogP contribution >= 0.6 is 11.3 Å². The first-order valence-corrected chi connectivity index (χ1v) is 11.3. The predicted octanol–water partition coefficient (Wildman–Crippen LogP) is 4.20. The van der Waals surface area contributed by atoms with Gasteiger partial charge in [0.15, 0.2) is 0 Å². The minimum absolute atomic E-state index is 0.0134. The number of carbonyl (C=O) groups is 1. The Kier molecular flexibility index (Phi) is 6.70. The maximum atomic E-state index is 13.4. The number of thiophene rings is 1. The maximum absolute atomic E-state index is 13.4. The van der Waals surface area contributed by atoms with Crippen LogP contribution in [0.2, 0.25) is 0 Å². The molecular weight excluding hydrogens is 410 g/mol. The molecule has 1 aliphatic rings. The average Bonchev–Trinajstić information content (AvgIpc) is 3.32. The van der Waals surface area contributed by atoms with E-state index >= 15 is 0 Å². The Morgan fingerprint density at radius 1 is 1.10 bits per heavy atom. The summed E-state index contributed by atoms with van der Waals surface area (Å²) in [6.45, 7) is 1.56.